The highest BCUT2D eigenvalue weighted by Crippen LogP contribution is 2.19. The number of likely N-dealkylation sites (tertiary alicyclic amines) is 1. The molecular formula is C22H24N10O10S2. The average molecular weight is 653 g/mol. The van der Waals surface area contributed by atoms with Crippen molar-refractivity contribution in [3.8, 4) is 17.3 Å². The Balaban J connectivity index is 1.46. The lowest BCUT2D eigenvalue weighted by atomic mass is 10.1. The summed E-state index contributed by atoms with van der Waals surface area (Å²) in [4.78, 5) is 73.8. The van der Waals surface area contributed by atoms with E-state index in [-0.39, 0.29) is 33.0 Å². The van der Waals surface area contributed by atoms with Crippen LogP contribution in [0, 0.1) is 0 Å². The Hall–Kier alpha value is -5.51. The number of carboxylic acids is 1. The first kappa shape index (κ1) is 31.4. The number of nitrogen functional groups attached to an aromatic ring is 1. The summed E-state index contributed by atoms with van der Waals surface area (Å²) in [5.41, 5.74) is 1.26. The predicted molar refractivity (Wildman–Crippen MR) is 151 cm³/mol. The molecule has 0 unspecified atom stereocenters. The molecule has 4 heterocycles. The number of aromatic nitrogens is 5. The van der Waals surface area contributed by atoms with E-state index in [4.69, 9.17) is 10.6 Å². The second-order valence-electron chi connectivity index (χ2n) is 9.55. The number of amides is 2. The van der Waals surface area contributed by atoms with Crippen LogP contribution < -0.4 is 26.9 Å². The summed E-state index contributed by atoms with van der Waals surface area (Å²) in [7, 11) is -3.59. The van der Waals surface area contributed by atoms with Crippen LogP contribution in [0.25, 0.3) is 11.5 Å². The number of aliphatic carboxylic acids is 1. The Labute approximate surface area is 250 Å². The van der Waals surface area contributed by atoms with Gasteiger partial charge in [-0.15, -0.1) is 16.4 Å². The highest BCUT2D eigenvalue weighted by Gasteiger charge is 2.42. The summed E-state index contributed by atoms with van der Waals surface area (Å²) in [6.45, 7) is 5.62. The van der Waals surface area contributed by atoms with E-state index in [1.165, 1.54) is 26.3 Å². The highest BCUT2D eigenvalue weighted by atomic mass is 32.2. The molecule has 1 aliphatic heterocycles. The summed E-state index contributed by atoms with van der Waals surface area (Å²) >= 11 is 0.965. The number of aromatic hydroxyl groups is 1. The van der Waals surface area contributed by atoms with Gasteiger partial charge in [0.2, 0.25) is 11.0 Å². The van der Waals surface area contributed by atoms with E-state index in [0.717, 1.165) is 33.1 Å². The summed E-state index contributed by atoms with van der Waals surface area (Å²) in [5.74, 6) is -4.49. The SMILES string of the molecule is C=C(NS(=O)(=O)n1nc(-c2cc(=O)c(O)c[nH]2)n(C)c1=O)N1C[C@H](NC(=O)/C(=N\OC(C)(C)C(=O)O)c2csc(N)n2)C1=O. The van der Waals surface area contributed by atoms with Crippen molar-refractivity contribution >= 4 is 50.2 Å². The van der Waals surface area contributed by atoms with Gasteiger partial charge in [-0.3, -0.25) is 28.6 Å². The summed E-state index contributed by atoms with van der Waals surface area (Å²) in [6.07, 6.45) is 0.936. The second kappa shape index (κ2) is 11.3. The lowest BCUT2D eigenvalue weighted by Crippen LogP contribution is -2.65. The number of thiazole rings is 1. The van der Waals surface area contributed by atoms with E-state index >= 15 is 0 Å². The number of nitrogens with one attached hydrogen (secondary N) is 3. The maximum atomic E-state index is 13.0. The van der Waals surface area contributed by atoms with Crippen molar-refractivity contribution in [1.82, 2.24) is 38.7 Å². The molecule has 1 saturated heterocycles. The number of pyridine rings is 1. The molecule has 3 aromatic rings. The third kappa shape index (κ3) is 6.00. The van der Waals surface area contributed by atoms with E-state index in [0.29, 0.717) is 0 Å². The minimum absolute atomic E-state index is 0.0523. The van der Waals surface area contributed by atoms with Crippen molar-refractivity contribution in [2.24, 2.45) is 12.2 Å². The Morgan fingerprint density at radius 3 is 2.57 bits per heavy atom. The molecular weight excluding hydrogens is 628 g/mol. The Kier molecular flexibility index (Phi) is 8.06. The number of oxime groups is 1. The fraction of sp³-hybridized carbons (Fsp3) is 0.273. The molecule has 0 bridgehead atoms. The van der Waals surface area contributed by atoms with Crippen molar-refractivity contribution < 1.29 is 37.9 Å². The molecule has 2 amide bonds. The van der Waals surface area contributed by atoms with Gasteiger partial charge < -0.3 is 31.1 Å². The van der Waals surface area contributed by atoms with Crippen LogP contribution in [0.1, 0.15) is 19.5 Å². The Bertz CT molecular complexity index is 1950. The maximum Gasteiger partial charge on any atom is 0.361 e. The molecule has 1 aliphatic rings. The van der Waals surface area contributed by atoms with Crippen LogP contribution in [0.3, 0.4) is 0 Å². The normalized spacial score (nSPS) is 15.4. The summed E-state index contributed by atoms with van der Waals surface area (Å²) < 4.78 is 28.7. The lowest BCUT2D eigenvalue weighted by molar-refractivity contribution is -0.161. The average Bonchev–Trinajstić information content (AvgIpc) is 3.50. The molecule has 22 heteroatoms. The van der Waals surface area contributed by atoms with Gasteiger partial charge in [0.15, 0.2) is 22.4 Å². The van der Waals surface area contributed by atoms with Gasteiger partial charge in [0.25, 0.3) is 11.8 Å². The van der Waals surface area contributed by atoms with E-state index < -0.39 is 68.0 Å². The number of hydrogen-bond donors (Lipinski definition) is 6. The molecule has 0 radical (unpaired) electrons. The third-order valence-electron chi connectivity index (χ3n) is 5.98. The highest BCUT2D eigenvalue weighted by molar-refractivity contribution is 7.88. The van der Waals surface area contributed by atoms with Crippen LogP contribution in [0.4, 0.5) is 5.13 Å². The number of hydrogen-bond acceptors (Lipinski definition) is 14. The molecule has 0 aliphatic carbocycles. The largest absolute Gasteiger partial charge is 0.503 e. The fourth-order valence-electron chi connectivity index (χ4n) is 3.45. The molecule has 0 saturated carbocycles. The van der Waals surface area contributed by atoms with Crippen LogP contribution in [-0.2, 0) is 36.5 Å². The fourth-order valence-corrected chi connectivity index (χ4v) is 5.00. The number of nitrogens with two attached hydrogens (primary N) is 1. The van der Waals surface area contributed by atoms with Gasteiger partial charge in [-0.1, -0.05) is 15.8 Å². The Morgan fingerprint density at radius 1 is 1.32 bits per heavy atom. The zero-order chi connectivity index (χ0) is 32.7. The van der Waals surface area contributed by atoms with Crippen LogP contribution in [0.2, 0.25) is 0 Å². The molecule has 0 aromatic carbocycles. The van der Waals surface area contributed by atoms with Gasteiger partial charge in [-0.25, -0.2) is 14.6 Å². The van der Waals surface area contributed by atoms with Crippen molar-refractivity contribution in [1.29, 1.82) is 0 Å². The first-order valence-corrected chi connectivity index (χ1v) is 14.4. The van der Waals surface area contributed by atoms with E-state index in [9.17, 15) is 42.6 Å². The van der Waals surface area contributed by atoms with E-state index in [1.54, 1.807) is 0 Å². The third-order valence-corrected chi connectivity index (χ3v) is 7.84. The zero-order valence-corrected chi connectivity index (χ0v) is 24.6. The Morgan fingerprint density at radius 2 is 2.00 bits per heavy atom. The lowest BCUT2D eigenvalue weighted by Gasteiger charge is -2.39. The van der Waals surface area contributed by atoms with Gasteiger partial charge >= 0.3 is 21.9 Å². The monoisotopic (exact) mass is 652 g/mol. The van der Waals surface area contributed by atoms with Crippen molar-refractivity contribution in [2.75, 3.05) is 12.3 Å². The number of β-lactam (4-membered cyclic amide) rings is 1. The number of aromatic amines is 1. The predicted octanol–water partition coefficient (Wildman–Crippen LogP) is -2.55. The smallest absolute Gasteiger partial charge is 0.361 e. The molecule has 3 aromatic heterocycles. The van der Waals surface area contributed by atoms with Gasteiger partial charge in [-0.05, 0) is 13.8 Å². The van der Waals surface area contributed by atoms with Gasteiger partial charge in [0, 0.05) is 24.7 Å². The number of nitrogens with zero attached hydrogens (tertiary/aromatic N) is 6. The number of anilines is 1. The van der Waals surface area contributed by atoms with E-state index in [2.05, 4.69) is 32.1 Å². The number of carbonyl (C=O) groups is 3. The topological polar surface area (TPSA) is 286 Å². The molecule has 0 spiro atoms. The van der Waals surface area contributed by atoms with Gasteiger partial charge in [-0.2, -0.15) is 8.42 Å². The quantitative estimate of drug-likeness (QED) is 0.0707. The number of carbonyl (C=O) groups excluding carboxylic acids is 2. The van der Waals surface area contributed by atoms with Crippen molar-refractivity contribution in [3.05, 3.63) is 56.4 Å². The van der Waals surface area contributed by atoms with Crippen molar-refractivity contribution in [3.63, 3.8) is 0 Å². The van der Waals surface area contributed by atoms with Gasteiger partial charge in [0.1, 0.15) is 17.6 Å². The molecule has 234 valence electrons. The molecule has 20 nitrogen and oxygen atoms in total. The first-order chi connectivity index (χ1) is 20.4. The summed E-state index contributed by atoms with van der Waals surface area (Å²) in [5, 5.41) is 29.8. The van der Waals surface area contributed by atoms with E-state index in [1.807, 2.05) is 4.72 Å². The van der Waals surface area contributed by atoms with Crippen LogP contribution >= 0.6 is 11.3 Å². The number of H-pyrrole nitrogens is 1. The zero-order valence-electron chi connectivity index (χ0n) is 23.0. The number of carboxylic acid groups (broad SMARTS) is 1. The maximum absolute atomic E-state index is 13.0. The first-order valence-electron chi connectivity index (χ1n) is 12.1. The van der Waals surface area contributed by atoms with Crippen molar-refractivity contribution in [2.45, 2.75) is 25.5 Å². The molecule has 7 N–H and O–H groups in total. The van der Waals surface area contributed by atoms with Crippen LogP contribution in [0.5, 0.6) is 5.75 Å². The van der Waals surface area contributed by atoms with Gasteiger partial charge in [0.05, 0.1) is 12.2 Å². The molecule has 4 rings (SSSR count). The molecule has 44 heavy (non-hydrogen) atoms. The molecule has 1 fully saturated rings. The standard InChI is InChI=1S/C22H24N10O10S2/c1-9(29-44(40,41)32-21(39)30(4)16(27-32)10-5-13(33)14(34)6-24-10)31-7-11(18(31)36)25-17(35)15(12-8-43-20(23)26-12)28-42-22(2,3)19(37)38/h5-6,8,11,29,34H,1,7H2,2-4H3,(H2,23,26)(H,24,33)(H,25,35)(H,37,38)/b28-15-/t11-/m0/s1. The van der Waals surface area contributed by atoms with Crippen LogP contribution in [-0.4, -0.2) is 88.9 Å². The minimum atomic E-state index is -4.78. The van der Waals surface area contributed by atoms with Crippen LogP contribution in [0.15, 0.2) is 44.8 Å². The minimum Gasteiger partial charge on any atom is -0.503 e. The second-order valence-corrected chi connectivity index (χ2v) is 11.9. The summed E-state index contributed by atoms with van der Waals surface area (Å²) in [6, 6.07) is -0.278. The molecule has 1 atom stereocenters. The number of rotatable bonds is 11.